The van der Waals surface area contributed by atoms with Crippen LogP contribution < -0.4 is 10.6 Å². The molecule has 2 aromatic rings. The minimum Gasteiger partial charge on any atom is -0.382 e. The number of nitrogens with one attached hydrogen (secondary N) is 2. The van der Waals surface area contributed by atoms with Crippen LogP contribution in [0, 0.1) is 18.8 Å². The number of aryl methyl sites for hydroxylation is 1. The van der Waals surface area contributed by atoms with Gasteiger partial charge in [0, 0.05) is 30.5 Å². The van der Waals surface area contributed by atoms with E-state index in [4.69, 9.17) is 4.74 Å². The predicted octanol–water partition coefficient (Wildman–Crippen LogP) is 1.21. The molecule has 1 aliphatic carbocycles. The fourth-order valence-corrected chi connectivity index (χ4v) is 3.81. The Labute approximate surface area is 163 Å². The van der Waals surface area contributed by atoms with Gasteiger partial charge in [-0.05, 0) is 30.2 Å². The number of nitrogens with zero attached hydrogens (tertiary/aromatic N) is 1. The summed E-state index contributed by atoms with van der Waals surface area (Å²) in [5.41, 5.74) is 2.25. The van der Waals surface area contributed by atoms with Gasteiger partial charge in [0.15, 0.2) is 0 Å². The Morgan fingerprint density at radius 2 is 1.89 bits per heavy atom. The van der Waals surface area contributed by atoms with Crippen molar-refractivity contribution in [1.82, 2.24) is 15.6 Å². The molecule has 1 saturated heterocycles. The zero-order valence-electron chi connectivity index (χ0n) is 15.8. The predicted molar refractivity (Wildman–Crippen MR) is 102 cm³/mol. The molecule has 1 aromatic carbocycles. The van der Waals surface area contributed by atoms with Crippen LogP contribution in [0.4, 0.5) is 0 Å². The van der Waals surface area contributed by atoms with Crippen molar-refractivity contribution >= 4 is 11.8 Å². The second kappa shape index (κ2) is 7.33. The highest BCUT2D eigenvalue weighted by Crippen LogP contribution is 2.44. The number of hydrogen-bond acceptors (Lipinski definition) is 5. The summed E-state index contributed by atoms with van der Waals surface area (Å²) >= 11 is 0. The molecule has 28 heavy (non-hydrogen) atoms. The number of aromatic nitrogens is 1. The van der Waals surface area contributed by atoms with Gasteiger partial charge in [-0.2, -0.15) is 0 Å². The Bertz CT molecular complexity index is 920. The summed E-state index contributed by atoms with van der Waals surface area (Å²) in [4.78, 5) is 29.2. The maximum absolute atomic E-state index is 12.8. The van der Waals surface area contributed by atoms with Crippen molar-refractivity contribution in [2.75, 3.05) is 20.3 Å². The third-order valence-corrected chi connectivity index (χ3v) is 5.58. The van der Waals surface area contributed by atoms with Gasteiger partial charge in [-0.15, -0.1) is 0 Å². The maximum atomic E-state index is 12.8. The lowest BCUT2D eigenvalue weighted by Gasteiger charge is -2.16. The summed E-state index contributed by atoms with van der Waals surface area (Å²) in [6.45, 7) is 3.24. The number of ether oxygens (including phenoxy) is 1. The van der Waals surface area contributed by atoms with E-state index < -0.39 is 12.0 Å². The number of fused-ring (bicyclic) bond motifs is 1. The van der Waals surface area contributed by atoms with Crippen molar-refractivity contribution < 1.29 is 19.4 Å². The lowest BCUT2D eigenvalue weighted by Crippen LogP contribution is -2.31. The normalized spacial score (nSPS) is 23.6. The Kier molecular flexibility index (Phi) is 4.87. The van der Waals surface area contributed by atoms with Gasteiger partial charge in [0.25, 0.3) is 11.8 Å². The fourth-order valence-electron chi connectivity index (χ4n) is 3.81. The van der Waals surface area contributed by atoms with Crippen LogP contribution in [0.15, 0.2) is 36.4 Å². The summed E-state index contributed by atoms with van der Waals surface area (Å²) in [6.07, 6.45) is -1.04. The van der Waals surface area contributed by atoms with Crippen LogP contribution in [-0.2, 0) is 4.74 Å². The summed E-state index contributed by atoms with van der Waals surface area (Å²) in [7, 11) is 1.50. The van der Waals surface area contributed by atoms with E-state index in [-0.39, 0.29) is 23.3 Å². The largest absolute Gasteiger partial charge is 0.382 e. The van der Waals surface area contributed by atoms with Gasteiger partial charge in [-0.3, -0.25) is 9.59 Å². The summed E-state index contributed by atoms with van der Waals surface area (Å²) < 4.78 is 5.35. The zero-order valence-corrected chi connectivity index (χ0v) is 15.8. The number of carbonyl (C=O) groups is 2. The van der Waals surface area contributed by atoms with Crippen LogP contribution in [0.2, 0.25) is 0 Å². The molecule has 1 saturated carbocycles. The Hall–Kier alpha value is -2.77. The first-order valence-corrected chi connectivity index (χ1v) is 9.36. The summed E-state index contributed by atoms with van der Waals surface area (Å²) in [5, 5.41) is 16.4. The molecule has 2 heterocycles. The van der Waals surface area contributed by atoms with Crippen LogP contribution in [0.25, 0.3) is 0 Å². The third kappa shape index (κ3) is 3.39. The van der Waals surface area contributed by atoms with Crippen molar-refractivity contribution in [2.45, 2.75) is 19.1 Å². The van der Waals surface area contributed by atoms with Crippen LogP contribution in [-0.4, -0.2) is 48.2 Å². The molecule has 2 aliphatic rings. The molecule has 4 rings (SSSR count). The van der Waals surface area contributed by atoms with E-state index >= 15 is 0 Å². The van der Waals surface area contributed by atoms with Gasteiger partial charge in [-0.25, -0.2) is 4.98 Å². The van der Waals surface area contributed by atoms with Gasteiger partial charge in [-0.1, -0.05) is 24.3 Å². The van der Waals surface area contributed by atoms with Crippen molar-refractivity contribution in [3.05, 3.63) is 64.5 Å². The molecular weight excluding hydrogens is 358 g/mol. The van der Waals surface area contributed by atoms with E-state index in [0.29, 0.717) is 36.2 Å². The van der Waals surface area contributed by atoms with E-state index in [1.807, 2.05) is 25.1 Å². The van der Waals surface area contributed by atoms with Gasteiger partial charge in [0.05, 0.1) is 18.9 Å². The molecule has 7 heteroatoms. The Balaban J connectivity index is 1.64. The average molecular weight is 381 g/mol. The van der Waals surface area contributed by atoms with Crippen LogP contribution in [0.1, 0.15) is 43.8 Å². The zero-order chi connectivity index (χ0) is 19.8. The van der Waals surface area contributed by atoms with Crippen LogP contribution in [0.5, 0.6) is 0 Å². The van der Waals surface area contributed by atoms with Crippen molar-refractivity contribution in [3.63, 3.8) is 0 Å². The van der Waals surface area contributed by atoms with E-state index in [2.05, 4.69) is 15.6 Å². The van der Waals surface area contributed by atoms with Crippen molar-refractivity contribution in [2.24, 2.45) is 11.8 Å². The lowest BCUT2D eigenvalue weighted by atomic mass is 9.99. The van der Waals surface area contributed by atoms with Gasteiger partial charge >= 0.3 is 0 Å². The van der Waals surface area contributed by atoms with Crippen LogP contribution in [0.3, 0.4) is 0 Å². The highest BCUT2D eigenvalue weighted by Gasteiger charge is 2.54. The molecule has 3 N–H and O–H groups in total. The lowest BCUT2D eigenvalue weighted by molar-refractivity contribution is 0.0928. The molecule has 146 valence electrons. The molecule has 0 bridgehead atoms. The van der Waals surface area contributed by atoms with E-state index in [1.54, 1.807) is 12.1 Å². The fraction of sp³-hybridized carbons (Fsp3) is 0.381. The monoisotopic (exact) mass is 381 g/mol. The minimum atomic E-state index is -1.04. The van der Waals surface area contributed by atoms with E-state index in [9.17, 15) is 14.7 Å². The molecule has 2 fully saturated rings. The highest BCUT2D eigenvalue weighted by molar-refractivity contribution is 5.99. The number of hydrogen-bond donors (Lipinski definition) is 3. The SMILES string of the molecule is CNC(=O)c1cc(C(=O)NC2[C@H]3COC[C@@H]23)cc(C(O)c2ccccc2C)n1. The molecule has 4 atom stereocenters. The first-order chi connectivity index (χ1) is 13.5. The maximum Gasteiger partial charge on any atom is 0.269 e. The molecule has 0 spiro atoms. The molecular formula is C21H23N3O4. The molecule has 0 radical (unpaired) electrons. The number of carbonyl (C=O) groups excluding carboxylic acids is 2. The minimum absolute atomic E-state index is 0.0945. The molecule has 2 unspecified atom stereocenters. The topological polar surface area (TPSA) is 101 Å². The smallest absolute Gasteiger partial charge is 0.269 e. The number of aliphatic hydroxyl groups excluding tert-OH is 1. The second-order valence-electron chi connectivity index (χ2n) is 7.37. The van der Waals surface area contributed by atoms with Crippen molar-refractivity contribution in [1.29, 1.82) is 0 Å². The Morgan fingerprint density at radius 1 is 1.18 bits per heavy atom. The van der Waals surface area contributed by atoms with Gasteiger partial charge < -0.3 is 20.5 Å². The van der Waals surface area contributed by atoms with Crippen molar-refractivity contribution in [3.8, 4) is 0 Å². The van der Waals surface area contributed by atoms with Gasteiger partial charge in [0.1, 0.15) is 11.8 Å². The average Bonchev–Trinajstić information content (AvgIpc) is 3.13. The van der Waals surface area contributed by atoms with Crippen LogP contribution >= 0.6 is 0 Å². The number of benzene rings is 1. The number of amides is 2. The highest BCUT2D eigenvalue weighted by atomic mass is 16.5. The number of pyridine rings is 1. The quantitative estimate of drug-likeness (QED) is 0.723. The number of aliphatic hydroxyl groups is 1. The van der Waals surface area contributed by atoms with E-state index in [0.717, 1.165) is 5.56 Å². The third-order valence-electron chi connectivity index (χ3n) is 5.58. The summed E-state index contributed by atoms with van der Waals surface area (Å²) in [5.74, 6) is 0.0669. The van der Waals surface area contributed by atoms with Gasteiger partial charge in [0.2, 0.25) is 0 Å². The first kappa shape index (κ1) is 18.6. The number of rotatable bonds is 5. The molecule has 2 amide bonds. The molecule has 7 nitrogen and oxygen atoms in total. The standard InChI is InChI=1S/C21H23N3O4/c1-11-5-3-4-6-13(11)19(25)16-7-12(8-17(23-16)21(27)22-2)20(26)24-18-14-9-28-10-15(14)18/h3-8,14-15,18-19,25H,9-10H2,1-2H3,(H,22,27)(H,24,26)/t14-,15+,18?,19?. The first-order valence-electron chi connectivity index (χ1n) is 9.36. The molecule has 1 aliphatic heterocycles. The van der Waals surface area contributed by atoms with E-state index in [1.165, 1.54) is 13.1 Å². The Morgan fingerprint density at radius 3 is 2.57 bits per heavy atom. The second-order valence-corrected chi connectivity index (χ2v) is 7.37. The summed E-state index contributed by atoms with van der Waals surface area (Å²) in [6, 6.07) is 10.5. The molecule has 1 aromatic heterocycles.